The Labute approximate surface area is 193 Å². The molecule has 0 atom stereocenters. The first-order valence-corrected chi connectivity index (χ1v) is 11.8. The number of rotatable bonds is 6. The average molecular weight is 454 g/mol. The molecule has 1 aliphatic rings. The summed E-state index contributed by atoms with van der Waals surface area (Å²) in [5.41, 5.74) is 4.20. The van der Waals surface area contributed by atoms with E-state index in [1.54, 1.807) is 18.4 Å². The van der Waals surface area contributed by atoms with E-state index in [1.165, 1.54) is 0 Å². The molecule has 2 aromatic heterocycles. The van der Waals surface area contributed by atoms with E-state index in [0.29, 0.717) is 24.8 Å². The molecular formula is C25H31N3O3S. The Balaban J connectivity index is 1.86. The van der Waals surface area contributed by atoms with Gasteiger partial charge in [0.25, 0.3) is 5.91 Å². The largest absolute Gasteiger partial charge is 0.496 e. The number of thiophene rings is 1. The number of nitrogens with zero attached hydrogens (tertiary/aromatic N) is 2. The Morgan fingerprint density at radius 3 is 2.75 bits per heavy atom. The minimum Gasteiger partial charge on any atom is -0.496 e. The van der Waals surface area contributed by atoms with Gasteiger partial charge in [0, 0.05) is 23.7 Å². The lowest BCUT2D eigenvalue weighted by atomic mass is 9.95. The van der Waals surface area contributed by atoms with E-state index < -0.39 is 0 Å². The molecule has 3 heterocycles. The lowest BCUT2D eigenvalue weighted by Gasteiger charge is -2.22. The predicted octanol–water partition coefficient (Wildman–Crippen LogP) is 5.48. The van der Waals surface area contributed by atoms with Crippen molar-refractivity contribution in [3.8, 4) is 27.8 Å². The molecule has 0 fully saturated rings. The van der Waals surface area contributed by atoms with Crippen LogP contribution in [0.15, 0.2) is 29.6 Å². The molecule has 7 heteroatoms. The fraction of sp³-hybridized carbons (Fsp3) is 0.440. The zero-order chi connectivity index (χ0) is 23.0. The molecule has 0 aliphatic carbocycles. The number of methoxy groups -OCH3 is 1. The van der Waals surface area contributed by atoms with Crippen molar-refractivity contribution in [3.63, 3.8) is 0 Å². The first-order chi connectivity index (χ1) is 15.2. The lowest BCUT2D eigenvalue weighted by molar-refractivity contribution is 0.0931. The zero-order valence-electron chi connectivity index (χ0n) is 19.6. The normalized spacial score (nSPS) is 12.8. The summed E-state index contributed by atoms with van der Waals surface area (Å²) in [4.78, 5) is 13.1. The maximum Gasteiger partial charge on any atom is 0.272 e. The summed E-state index contributed by atoms with van der Waals surface area (Å²) in [6.45, 7) is 11.5. The minimum atomic E-state index is -0.172. The van der Waals surface area contributed by atoms with Crippen LogP contribution in [-0.4, -0.2) is 29.3 Å². The van der Waals surface area contributed by atoms with Gasteiger partial charge < -0.3 is 14.8 Å². The average Bonchev–Trinajstić information content (AvgIpc) is 3.38. The second kappa shape index (κ2) is 8.62. The molecule has 3 aromatic rings. The Hall–Kier alpha value is -2.80. The zero-order valence-corrected chi connectivity index (χ0v) is 20.4. The number of hydrogen-bond donors (Lipinski definition) is 1. The molecule has 1 N–H and O–H groups in total. The van der Waals surface area contributed by atoms with E-state index in [1.807, 2.05) is 28.3 Å². The number of carbonyl (C=O) groups excluding carboxylic acids is 1. The molecule has 0 saturated heterocycles. The van der Waals surface area contributed by atoms with Crippen molar-refractivity contribution in [1.29, 1.82) is 0 Å². The SMILES string of the molecule is COc1cc2c(cc1CC(C)C)-c1c(c(C(=O)NCC(C)(C)C)nn1-c1cccs1)CO2. The third kappa shape index (κ3) is 4.39. The van der Waals surface area contributed by atoms with Crippen molar-refractivity contribution in [2.24, 2.45) is 11.3 Å². The lowest BCUT2D eigenvalue weighted by Crippen LogP contribution is -2.33. The van der Waals surface area contributed by atoms with Gasteiger partial charge in [-0.25, -0.2) is 4.68 Å². The van der Waals surface area contributed by atoms with Crippen LogP contribution < -0.4 is 14.8 Å². The Bertz CT molecular complexity index is 1120. The molecule has 0 unspecified atom stereocenters. The standard InChI is InChI=1S/C25H31N3O3S/c1-15(2)10-16-11-17-20(12-19(16)30-6)31-13-18-22(24(29)26-14-25(3,4)5)27-28(23(17)18)21-8-7-9-32-21/h7-9,11-12,15H,10,13-14H2,1-6H3,(H,26,29). The topological polar surface area (TPSA) is 65.4 Å². The molecule has 0 spiro atoms. The van der Waals surface area contributed by atoms with E-state index in [9.17, 15) is 4.79 Å². The summed E-state index contributed by atoms with van der Waals surface area (Å²) in [6.07, 6.45) is 0.887. The van der Waals surface area contributed by atoms with E-state index in [2.05, 4.69) is 46.0 Å². The summed E-state index contributed by atoms with van der Waals surface area (Å²) in [7, 11) is 1.69. The number of aromatic nitrogens is 2. The smallest absolute Gasteiger partial charge is 0.272 e. The molecule has 4 rings (SSSR count). The van der Waals surface area contributed by atoms with Gasteiger partial charge in [-0.1, -0.05) is 34.6 Å². The molecule has 0 radical (unpaired) electrons. The number of benzene rings is 1. The summed E-state index contributed by atoms with van der Waals surface area (Å²) >= 11 is 1.59. The number of ether oxygens (including phenoxy) is 2. The van der Waals surface area contributed by atoms with Crippen molar-refractivity contribution in [2.75, 3.05) is 13.7 Å². The highest BCUT2D eigenvalue weighted by molar-refractivity contribution is 7.12. The van der Waals surface area contributed by atoms with Crippen LogP contribution in [0, 0.1) is 11.3 Å². The monoisotopic (exact) mass is 453 g/mol. The maximum absolute atomic E-state index is 13.1. The van der Waals surface area contributed by atoms with Crippen LogP contribution in [-0.2, 0) is 13.0 Å². The van der Waals surface area contributed by atoms with Gasteiger partial charge in [-0.15, -0.1) is 11.3 Å². The second-order valence-electron chi connectivity index (χ2n) is 9.83. The molecule has 0 bridgehead atoms. The fourth-order valence-electron chi connectivity index (χ4n) is 3.87. The van der Waals surface area contributed by atoms with Gasteiger partial charge in [0.1, 0.15) is 23.1 Å². The molecule has 0 saturated carbocycles. The predicted molar refractivity (Wildman–Crippen MR) is 128 cm³/mol. The van der Waals surface area contributed by atoms with E-state index in [0.717, 1.165) is 45.3 Å². The summed E-state index contributed by atoms with van der Waals surface area (Å²) in [5, 5.41) is 10.8. The maximum atomic E-state index is 13.1. The van der Waals surface area contributed by atoms with Crippen molar-refractivity contribution in [3.05, 3.63) is 46.5 Å². The first-order valence-electron chi connectivity index (χ1n) is 11.0. The van der Waals surface area contributed by atoms with Gasteiger partial charge in [0.2, 0.25) is 0 Å². The highest BCUT2D eigenvalue weighted by Crippen LogP contribution is 2.44. The van der Waals surface area contributed by atoms with Crippen LogP contribution in [0.1, 0.15) is 56.2 Å². The highest BCUT2D eigenvalue weighted by atomic mass is 32.1. The summed E-state index contributed by atoms with van der Waals surface area (Å²) in [5.74, 6) is 1.88. The van der Waals surface area contributed by atoms with Crippen molar-refractivity contribution < 1.29 is 14.3 Å². The van der Waals surface area contributed by atoms with Gasteiger partial charge >= 0.3 is 0 Å². The van der Waals surface area contributed by atoms with Crippen LogP contribution >= 0.6 is 11.3 Å². The van der Waals surface area contributed by atoms with E-state index in [-0.39, 0.29) is 11.3 Å². The van der Waals surface area contributed by atoms with Gasteiger partial charge in [0.15, 0.2) is 5.69 Å². The molecule has 6 nitrogen and oxygen atoms in total. The quantitative estimate of drug-likeness (QED) is 0.537. The molecule has 170 valence electrons. The number of fused-ring (bicyclic) bond motifs is 3. The number of nitrogens with one attached hydrogen (secondary N) is 1. The van der Waals surface area contributed by atoms with Crippen LogP contribution in [0.4, 0.5) is 0 Å². The minimum absolute atomic E-state index is 0.0164. The molecule has 1 aliphatic heterocycles. The Morgan fingerprint density at radius 1 is 1.34 bits per heavy atom. The third-order valence-corrected chi connectivity index (χ3v) is 6.17. The van der Waals surface area contributed by atoms with Crippen molar-refractivity contribution >= 4 is 17.2 Å². The Morgan fingerprint density at radius 2 is 2.12 bits per heavy atom. The van der Waals surface area contributed by atoms with Crippen molar-refractivity contribution in [2.45, 2.75) is 47.6 Å². The van der Waals surface area contributed by atoms with Crippen LogP contribution in [0.2, 0.25) is 0 Å². The van der Waals surface area contributed by atoms with Crippen LogP contribution in [0.3, 0.4) is 0 Å². The molecule has 32 heavy (non-hydrogen) atoms. The summed E-state index contributed by atoms with van der Waals surface area (Å²) in [6, 6.07) is 8.10. The third-order valence-electron chi connectivity index (χ3n) is 5.33. The van der Waals surface area contributed by atoms with Crippen molar-refractivity contribution in [1.82, 2.24) is 15.1 Å². The van der Waals surface area contributed by atoms with Crippen LogP contribution in [0.5, 0.6) is 11.5 Å². The van der Waals surface area contributed by atoms with Gasteiger partial charge in [-0.05, 0) is 46.9 Å². The van der Waals surface area contributed by atoms with Gasteiger partial charge in [-0.2, -0.15) is 5.10 Å². The van der Waals surface area contributed by atoms with Crippen LogP contribution in [0.25, 0.3) is 16.3 Å². The van der Waals surface area contributed by atoms with Gasteiger partial charge in [0.05, 0.1) is 12.8 Å². The molecular weight excluding hydrogens is 422 g/mol. The van der Waals surface area contributed by atoms with E-state index >= 15 is 0 Å². The number of hydrogen-bond acceptors (Lipinski definition) is 5. The first kappa shape index (κ1) is 22.4. The number of amides is 1. The van der Waals surface area contributed by atoms with Gasteiger partial charge in [-0.3, -0.25) is 4.79 Å². The Kier molecular flexibility index (Phi) is 6.03. The number of carbonyl (C=O) groups is 1. The second-order valence-corrected chi connectivity index (χ2v) is 10.8. The molecule has 1 amide bonds. The summed E-state index contributed by atoms with van der Waals surface area (Å²) < 4.78 is 13.6. The fourth-order valence-corrected chi connectivity index (χ4v) is 4.56. The molecule has 1 aromatic carbocycles. The van der Waals surface area contributed by atoms with E-state index in [4.69, 9.17) is 14.6 Å². The highest BCUT2D eigenvalue weighted by Gasteiger charge is 2.31.